The standard InChI is InChI=1S/C13H16ClN2/c1-16(2,3)9-10-7-11-5-4-6-12(14)13(11)15-8-10/h4-8H,9H2,1-3H3/q+1. The van der Waals surface area contributed by atoms with Gasteiger partial charge in [-0.25, -0.2) is 0 Å². The first-order valence-corrected chi connectivity index (χ1v) is 5.67. The molecule has 0 aliphatic rings. The summed E-state index contributed by atoms with van der Waals surface area (Å²) in [6, 6.07) is 8.05. The van der Waals surface area contributed by atoms with Crippen LogP contribution >= 0.6 is 11.6 Å². The van der Waals surface area contributed by atoms with Gasteiger partial charge in [0, 0.05) is 17.1 Å². The van der Waals surface area contributed by atoms with Gasteiger partial charge in [0.05, 0.1) is 31.7 Å². The lowest BCUT2D eigenvalue weighted by atomic mass is 10.1. The Hall–Kier alpha value is -1.12. The van der Waals surface area contributed by atoms with Crippen LogP contribution in [-0.2, 0) is 6.54 Å². The van der Waals surface area contributed by atoms with Crippen LogP contribution in [0.15, 0.2) is 30.5 Å². The summed E-state index contributed by atoms with van der Waals surface area (Å²) in [5.41, 5.74) is 2.12. The minimum Gasteiger partial charge on any atom is -0.327 e. The molecule has 16 heavy (non-hydrogen) atoms. The van der Waals surface area contributed by atoms with Gasteiger partial charge < -0.3 is 4.48 Å². The molecule has 2 rings (SSSR count). The lowest BCUT2D eigenvalue weighted by molar-refractivity contribution is -0.884. The van der Waals surface area contributed by atoms with Crippen LogP contribution in [0.1, 0.15) is 5.56 Å². The Bertz CT molecular complexity index is 515. The maximum Gasteiger partial charge on any atom is 0.105 e. The molecule has 0 bridgehead atoms. The van der Waals surface area contributed by atoms with Crippen molar-refractivity contribution >= 4 is 22.5 Å². The first-order valence-electron chi connectivity index (χ1n) is 5.29. The van der Waals surface area contributed by atoms with Crippen LogP contribution in [0.4, 0.5) is 0 Å². The van der Waals surface area contributed by atoms with E-state index >= 15 is 0 Å². The molecule has 1 aromatic carbocycles. The largest absolute Gasteiger partial charge is 0.327 e. The number of aromatic nitrogens is 1. The molecule has 0 N–H and O–H groups in total. The lowest BCUT2D eigenvalue weighted by Gasteiger charge is -2.23. The maximum atomic E-state index is 6.08. The van der Waals surface area contributed by atoms with Crippen LogP contribution < -0.4 is 0 Å². The van der Waals surface area contributed by atoms with Gasteiger partial charge >= 0.3 is 0 Å². The van der Waals surface area contributed by atoms with Gasteiger partial charge in [-0.05, 0) is 12.1 Å². The number of halogens is 1. The molecular formula is C13H16ClN2+. The van der Waals surface area contributed by atoms with Crippen LogP contribution in [0.25, 0.3) is 10.9 Å². The Morgan fingerprint density at radius 3 is 2.69 bits per heavy atom. The predicted octanol–water partition coefficient (Wildman–Crippen LogP) is 3.09. The third kappa shape index (κ3) is 2.52. The monoisotopic (exact) mass is 235 g/mol. The van der Waals surface area contributed by atoms with Crippen molar-refractivity contribution in [3.05, 3.63) is 41.0 Å². The molecule has 0 atom stereocenters. The van der Waals surface area contributed by atoms with Crippen LogP contribution in [0, 0.1) is 0 Å². The Kier molecular flexibility index (Phi) is 2.87. The molecule has 0 aliphatic carbocycles. The zero-order valence-corrected chi connectivity index (χ0v) is 10.6. The van der Waals surface area contributed by atoms with Gasteiger partial charge in [-0.15, -0.1) is 0 Å². The van der Waals surface area contributed by atoms with E-state index in [0.29, 0.717) is 5.02 Å². The van der Waals surface area contributed by atoms with E-state index in [2.05, 4.69) is 32.2 Å². The fourth-order valence-electron chi connectivity index (χ4n) is 1.80. The number of para-hydroxylation sites is 1. The smallest absolute Gasteiger partial charge is 0.105 e. The molecule has 0 saturated heterocycles. The minimum absolute atomic E-state index is 0.717. The van der Waals surface area contributed by atoms with E-state index in [4.69, 9.17) is 11.6 Å². The molecule has 0 spiro atoms. The summed E-state index contributed by atoms with van der Waals surface area (Å²) in [4.78, 5) is 4.42. The van der Waals surface area contributed by atoms with Crippen molar-refractivity contribution in [2.45, 2.75) is 6.54 Å². The first kappa shape index (κ1) is 11.4. The van der Waals surface area contributed by atoms with E-state index in [1.165, 1.54) is 5.56 Å². The third-order valence-corrected chi connectivity index (χ3v) is 2.68. The highest BCUT2D eigenvalue weighted by molar-refractivity contribution is 6.35. The summed E-state index contributed by atoms with van der Waals surface area (Å²) in [6.45, 7) is 0.968. The third-order valence-electron chi connectivity index (χ3n) is 2.38. The second kappa shape index (κ2) is 4.04. The van der Waals surface area contributed by atoms with Gasteiger partial charge in [0.1, 0.15) is 6.54 Å². The molecule has 0 fully saturated rings. The fourth-order valence-corrected chi connectivity index (χ4v) is 2.03. The molecule has 0 unspecified atom stereocenters. The molecule has 84 valence electrons. The minimum atomic E-state index is 0.717. The number of pyridine rings is 1. The molecule has 0 saturated carbocycles. The summed E-state index contributed by atoms with van der Waals surface area (Å²) < 4.78 is 0.897. The number of quaternary nitrogens is 1. The quantitative estimate of drug-likeness (QED) is 0.729. The van der Waals surface area contributed by atoms with Crippen LogP contribution in [-0.4, -0.2) is 30.6 Å². The van der Waals surface area contributed by atoms with E-state index in [9.17, 15) is 0 Å². The zero-order valence-electron chi connectivity index (χ0n) is 9.87. The van der Waals surface area contributed by atoms with Gasteiger partial charge in [0.25, 0.3) is 0 Å². The van der Waals surface area contributed by atoms with Crippen LogP contribution in [0.2, 0.25) is 5.02 Å². The molecule has 2 nitrogen and oxygen atoms in total. The fraction of sp³-hybridized carbons (Fsp3) is 0.308. The number of hydrogen-bond donors (Lipinski definition) is 0. The Morgan fingerprint density at radius 1 is 1.25 bits per heavy atom. The van der Waals surface area contributed by atoms with Gasteiger partial charge in [0.2, 0.25) is 0 Å². The molecular weight excluding hydrogens is 220 g/mol. The first-order chi connectivity index (χ1) is 7.46. The second-order valence-corrected chi connectivity index (χ2v) is 5.51. The topological polar surface area (TPSA) is 12.9 Å². The van der Waals surface area contributed by atoms with Crippen molar-refractivity contribution in [3.8, 4) is 0 Å². The molecule has 0 aliphatic heterocycles. The van der Waals surface area contributed by atoms with E-state index < -0.39 is 0 Å². The summed E-state index contributed by atoms with van der Waals surface area (Å²) in [5, 5.41) is 1.83. The number of hydrogen-bond acceptors (Lipinski definition) is 1. The van der Waals surface area contributed by atoms with E-state index in [1.807, 2.05) is 24.4 Å². The number of fused-ring (bicyclic) bond motifs is 1. The van der Waals surface area contributed by atoms with Crippen molar-refractivity contribution in [2.24, 2.45) is 0 Å². The van der Waals surface area contributed by atoms with Crippen LogP contribution in [0.3, 0.4) is 0 Å². The van der Waals surface area contributed by atoms with E-state index in [1.54, 1.807) is 0 Å². The van der Waals surface area contributed by atoms with Gasteiger partial charge in [-0.2, -0.15) is 0 Å². The molecule has 1 heterocycles. The summed E-state index contributed by atoms with van der Waals surface area (Å²) in [5.74, 6) is 0. The normalized spacial score (nSPS) is 12.0. The van der Waals surface area contributed by atoms with Gasteiger partial charge in [-0.3, -0.25) is 4.98 Å². The van der Waals surface area contributed by atoms with Crippen molar-refractivity contribution < 1.29 is 4.48 Å². The van der Waals surface area contributed by atoms with Crippen LogP contribution in [0.5, 0.6) is 0 Å². The number of rotatable bonds is 2. The van der Waals surface area contributed by atoms with Crippen molar-refractivity contribution in [1.82, 2.24) is 4.98 Å². The number of benzene rings is 1. The van der Waals surface area contributed by atoms with Crippen molar-refractivity contribution in [2.75, 3.05) is 21.1 Å². The Labute approximate surface area is 101 Å². The zero-order chi connectivity index (χ0) is 11.8. The predicted molar refractivity (Wildman–Crippen MR) is 68.5 cm³/mol. The lowest BCUT2D eigenvalue weighted by Crippen LogP contribution is -2.33. The SMILES string of the molecule is C[N+](C)(C)Cc1cnc2c(Cl)cccc2c1. The molecule has 0 radical (unpaired) electrons. The maximum absolute atomic E-state index is 6.08. The van der Waals surface area contributed by atoms with Gasteiger partial charge in [0.15, 0.2) is 0 Å². The molecule has 2 aromatic rings. The Balaban J connectivity index is 2.45. The number of nitrogens with zero attached hydrogens (tertiary/aromatic N) is 2. The average molecular weight is 236 g/mol. The molecule has 1 aromatic heterocycles. The molecule has 3 heteroatoms. The van der Waals surface area contributed by atoms with Gasteiger partial charge in [-0.1, -0.05) is 23.7 Å². The molecule has 0 amide bonds. The summed E-state index contributed by atoms with van der Waals surface area (Å²) in [7, 11) is 6.51. The average Bonchev–Trinajstić information content (AvgIpc) is 2.15. The highest BCUT2D eigenvalue weighted by Crippen LogP contribution is 2.22. The second-order valence-electron chi connectivity index (χ2n) is 5.10. The highest BCUT2D eigenvalue weighted by atomic mass is 35.5. The highest BCUT2D eigenvalue weighted by Gasteiger charge is 2.09. The summed E-state index contributed by atoms with van der Waals surface area (Å²) >= 11 is 6.08. The summed E-state index contributed by atoms with van der Waals surface area (Å²) in [6.07, 6.45) is 1.91. The Morgan fingerprint density at radius 2 is 2.00 bits per heavy atom. The van der Waals surface area contributed by atoms with Crippen molar-refractivity contribution in [1.29, 1.82) is 0 Å². The van der Waals surface area contributed by atoms with E-state index in [-0.39, 0.29) is 0 Å². The van der Waals surface area contributed by atoms with E-state index in [0.717, 1.165) is 21.9 Å². The van der Waals surface area contributed by atoms with Crippen molar-refractivity contribution in [3.63, 3.8) is 0 Å².